The van der Waals surface area contributed by atoms with Crippen LogP contribution in [0.1, 0.15) is 66.2 Å². The molecule has 1 heterocycles. The second-order valence-electron chi connectivity index (χ2n) is 7.02. The molecule has 0 atom stereocenters. The molecule has 0 saturated heterocycles. The smallest absolute Gasteiger partial charge is 0.0632 e. The molecule has 1 aromatic heterocycles. The maximum Gasteiger partial charge on any atom is 0.0632 e. The molecule has 1 fully saturated rings. The van der Waals surface area contributed by atoms with E-state index in [1.807, 2.05) is 6.21 Å². The summed E-state index contributed by atoms with van der Waals surface area (Å²) < 4.78 is 2.54. The maximum atomic E-state index is 4.70. The molecule has 0 unspecified atom stereocenters. The average Bonchev–Trinajstić information content (AvgIpc) is 2.83. The van der Waals surface area contributed by atoms with E-state index in [-0.39, 0.29) is 0 Å². The molecule has 1 aliphatic rings. The van der Waals surface area contributed by atoms with Crippen molar-refractivity contribution in [2.24, 2.45) is 4.99 Å². The van der Waals surface area contributed by atoms with Gasteiger partial charge >= 0.3 is 0 Å². The highest BCUT2D eigenvalue weighted by molar-refractivity contribution is 5.84. The third kappa shape index (κ3) is 3.41. The topological polar surface area (TPSA) is 17.3 Å². The van der Waals surface area contributed by atoms with Crippen molar-refractivity contribution in [1.29, 1.82) is 0 Å². The van der Waals surface area contributed by atoms with Crippen LogP contribution in [0.5, 0.6) is 0 Å². The minimum Gasteiger partial charge on any atom is -0.345 e. The first kappa shape index (κ1) is 16.0. The molecule has 1 aliphatic carbocycles. The molecule has 1 saturated carbocycles. The van der Waals surface area contributed by atoms with Gasteiger partial charge in [-0.25, -0.2) is 0 Å². The molecule has 0 bridgehead atoms. The third-order valence-corrected chi connectivity index (χ3v) is 5.31. The first-order chi connectivity index (χ1) is 11.1. The summed E-state index contributed by atoms with van der Waals surface area (Å²) in [5.41, 5.74) is 7.64. The van der Waals surface area contributed by atoms with Gasteiger partial charge in [-0.05, 0) is 69.9 Å². The Hall–Kier alpha value is -1.83. The van der Waals surface area contributed by atoms with E-state index in [0.717, 1.165) is 5.69 Å². The van der Waals surface area contributed by atoms with Crippen molar-refractivity contribution in [2.45, 2.75) is 65.8 Å². The lowest BCUT2D eigenvalue weighted by atomic mass is 9.95. The molecule has 2 nitrogen and oxygen atoms in total. The van der Waals surface area contributed by atoms with Crippen LogP contribution in [-0.4, -0.2) is 10.8 Å². The van der Waals surface area contributed by atoms with Gasteiger partial charge in [0.15, 0.2) is 0 Å². The third-order valence-electron chi connectivity index (χ3n) is 5.31. The van der Waals surface area contributed by atoms with Gasteiger partial charge in [0.25, 0.3) is 0 Å². The summed E-state index contributed by atoms with van der Waals surface area (Å²) in [5, 5.41) is 0. The molecule has 0 spiro atoms. The Labute approximate surface area is 140 Å². The Balaban J connectivity index is 1.85. The van der Waals surface area contributed by atoms with E-state index >= 15 is 0 Å². The number of hydrogen-bond acceptors (Lipinski definition) is 1. The average molecular weight is 308 g/mol. The van der Waals surface area contributed by atoms with Crippen molar-refractivity contribution in [3.05, 3.63) is 52.3 Å². The second kappa shape index (κ2) is 6.74. The normalized spacial score (nSPS) is 16.3. The fraction of sp³-hybridized carbons (Fsp3) is 0.476. The molecule has 2 aromatic rings. The van der Waals surface area contributed by atoms with Crippen molar-refractivity contribution in [2.75, 3.05) is 0 Å². The molecule has 122 valence electrons. The molecular weight excluding hydrogens is 280 g/mol. The van der Waals surface area contributed by atoms with E-state index in [1.54, 1.807) is 0 Å². The van der Waals surface area contributed by atoms with Crippen molar-refractivity contribution in [1.82, 2.24) is 4.57 Å². The van der Waals surface area contributed by atoms with E-state index in [1.165, 1.54) is 60.2 Å². The van der Waals surface area contributed by atoms with Gasteiger partial charge in [0.05, 0.1) is 5.69 Å². The number of benzene rings is 1. The minimum absolute atomic E-state index is 0.688. The van der Waals surface area contributed by atoms with Crippen molar-refractivity contribution >= 4 is 11.9 Å². The standard InChI is InChI=1S/C21H28N2/c1-15-10-11-20(12-16(15)2)22-14-19-13-17(3)23(18(19)4)21-8-6-5-7-9-21/h10-14,21H,5-9H2,1-4H3. The zero-order valence-electron chi connectivity index (χ0n) is 14.9. The van der Waals surface area contributed by atoms with Crippen LogP contribution in [0.25, 0.3) is 0 Å². The molecule has 3 rings (SSSR count). The van der Waals surface area contributed by atoms with Gasteiger partial charge in [-0.1, -0.05) is 25.3 Å². The van der Waals surface area contributed by atoms with Gasteiger partial charge < -0.3 is 4.57 Å². The van der Waals surface area contributed by atoms with Crippen LogP contribution in [0.15, 0.2) is 29.3 Å². The largest absolute Gasteiger partial charge is 0.345 e. The second-order valence-corrected chi connectivity index (χ2v) is 7.02. The molecule has 23 heavy (non-hydrogen) atoms. The van der Waals surface area contributed by atoms with Crippen LogP contribution in [0, 0.1) is 27.7 Å². The number of rotatable bonds is 3. The van der Waals surface area contributed by atoms with Crippen LogP contribution in [0.4, 0.5) is 5.69 Å². The first-order valence-electron chi connectivity index (χ1n) is 8.86. The van der Waals surface area contributed by atoms with Crippen molar-refractivity contribution in [3.8, 4) is 0 Å². The molecule has 1 aromatic carbocycles. The Bertz CT molecular complexity index is 716. The molecular formula is C21H28N2. The van der Waals surface area contributed by atoms with Gasteiger partial charge in [0.2, 0.25) is 0 Å². The highest BCUT2D eigenvalue weighted by Gasteiger charge is 2.19. The van der Waals surface area contributed by atoms with Crippen molar-refractivity contribution in [3.63, 3.8) is 0 Å². The van der Waals surface area contributed by atoms with Crippen LogP contribution >= 0.6 is 0 Å². The number of aliphatic imine (C=N–C) groups is 1. The van der Waals surface area contributed by atoms with Crippen LogP contribution in [0.2, 0.25) is 0 Å². The SMILES string of the molecule is Cc1ccc(N=Cc2cc(C)n(C3CCCCC3)c2C)cc1C. The Morgan fingerprint density at radius 1 is 0.957 bits per heavy atom. The zero-order chi connectivity index (χ0) is 16.4. The fourth-order valence-corrected chi connectivity index (χ4v) is 3.78. The summed E-state index contributed by atoms with van der Waals surface area (Å²) in [6.07, 6.45) is 8.82. The molecule has 0 radical (unpaired) electrons. The molecule has 0 amide bonds. The number of hydrogen-bond donors (Lipinski definition) is 0. The Kier molecular flexibility index (Phi) is 4.70. The molecule has 2 heteroatoms. The van der Waals surface area contributed by atoms with Crippen LogP contribution in [0.3, 0.4) is 0 Å². The Morgan fingerprint density at radius 3 is 2.39 bits per heavy atom. The van der Waals surface area contributed by atoms with Crippen molar-refractivity contribution < 1.29 is 0 Å². The fourth-order valence-electron chi connectivity index (χ4n) is 3.78. The zero-order valence-corrected chi connectivity index (χ0v) is 14.9. The van der Waals surface area contributed by atoms with Gasteiger partial charge in [-0.3, -0.25) is 4.99 Å². The summed E-state index contributed by atoms with van der Waals surface area (Å²) in [4.78, 5) is 4.70. The first-order valence-corrected chi connectivity index (χ1v) is 8.86. The van der Waals surface area contributed by atoms with Crippen LogP contribution < -0.4 is 0 Å². The van der Waals surface area contributed by atoms with E-state index in [2.05, 4.69) is 56.5 Å². The molecule has 0 aliphatic heterocycles. The number of nitrogens with zero attached hydrogens (tertiary/aromatic N) is 2. The van der Waals surface area contributed by atoms with Gasteiger partial charge in [0.1, 0.15) is 0 Å². The Morgan fingerprint density at radius 2 is 1.70 bits per heavy atom. The van der Waals surface area contributed by atoms with Gasteiger partial charge in [-0.15, -0.1) is 0 Å². The lowest BCUT2D eigenvalue weighted by Gasteiger charge is -2.26. The predicted molar refractivity (Wildman–Crippen MR) is 99.2 cm³/mol. The minimum atomic E-state index is 0.688. The quantitative estimate of drug-likeness (QED) is 0.621. The van der Waals surface area contributed by atoms with E-state index in [9.17, 15) is 0 Å². The summed E-state index contributed by atoms with van der Waals surface area (Å²) >= 11 is 0. The predicted octanol–water partition coefficient (Wildman–Crippen LogP) is 5.98. The van der Waals surface area contributed by atoms with E-state index in [0.29, 0.717) is 6.04 Å². The summed E-state index contributed by atoms with van der Waals surface area (Å²) in [5.74, 6) is 0. The van der Waals surface area contributed by atoms with E-state index in [4.69, 9.17) is 4.99 Å². The van der Waals surface area contributed by atoms with Gasteiger partial charge in [0, 0.05) is 29.2 Å². The lowest BCUT2D eigenvalue weighted by molar-refractivity contribution is 0.346. The summed E-state index contributed by atoms with van der Waals surface area (Å²) in [7, 11) is 0. The van der Waals surface area contributed by atoms with Gasteiger partial charge in [-0.2, -0.15) is 0 Å². The number of aromatic nitrogens is 1. The summed E-state index contributed by atoms with van der Waals surface area (Å²) in [6.45, 7) is 8.75. The number of aryl methyl sites for hydroxylation is 3. The molecule has 0 N–H and O–H groups in total. The highest BCUT2D eigenvalue weighted by atomic mass is 15.0. The highest BCUT2D eigenvalue weighted by Crippen LogP contribution is 2.32. The lowest BCUT2D eigenvalue weighted by Crippen LogP contribution is -2.15. The summed E-state index contributed by atoms with van der Waals surface area (Å²) in [6, 6.07) is 9.38. The van der Waals surface area contributed by atoms with Crippen LogP contribution in [-0.2, 0) is 0 Å². The van der Waals surface area contributed by atoms with E-state index < -0.39 is 0 Å². The maximum absolute atomic E-state index is 4.70. The monoisotopic (exact) mass is 308 g/mol.